The number of methoxy groups -OCH3 is 1. The second-order valence-electron chi connectivity index (χ2n) is 2.84. The Labute approximate surface area is 98.7 Å². The highest BCUT2D eigenvalue weighted by molar-refractivity contribution is 14.1. The van der Waals surface area contributed by atoms with E-state index < -0.39 is 0 Å². The maximum Gasteiger partial charge on any atom is 0.125 e. The normalized spacial score (nSPS) is 10.0. The summed E-state index contributed by atoms with van der Waals surface area (Å²) >= 11 is 2.28. The van der Waals surface area contributed by atoms with Gasteiger partial charge in [0.2, 0.25) is 0 Å². The minimum atomic E-state index is 0.499. The number of anilines is 1. The first-order valence-corrected chi connectivity index (χ1v) is 5.50. The second kappa shape index (κ2) is 5.41. The standard InChI is InChI=1S/C10H15IN2O/c1-3-13(11)9-5-4-6-10(14-2)8(9)7-12/h4-6H,3,7,12H2,1-2H3. The fourth-order valence-electron chi connectivity index (χ4n) is 1.35. The lowest BCUT2D eigenvalue weighted by atomic mass is 10.1. The maximum atomic E-state index is 5.71. The summed E-state index contributed by atoms with van der Waals surface area (Å²) < 4.78 is 7.39. The first-order chi connectivity index (χ1) is 6.74. The van der Waals surface area contributed by atoms with Gasteiger partial charge in [0.15, 0.2) is 0 Å². The number of hydrogen-bond donors (Lipinski definition) is 1. The molecule has 0 aliphatic heterocycles. The molecule has 0 aliphatic carbocycles. The monoisotopic (exact) mass is 306 g/mol. The summed E-state index contributed by atoms with van der Waals surface area (Å²) in [7, 11) is 1.67. The lowest BCUT2D eigenvalue weighted by Crippen LogP contribution is -2.12. The van der Waals surface area contributed by atoms with E-state index in [2.05, 4.69) is 39.0 Å². The number of benzene rings is 1. The number of rotatable bonds is 4. The van der Waals surface area contributed by atoms with Crippen LogP contribution in [0.25, 0.3) is 0 Å². The summed E-state index contributed by atoms with van der Waals surface area (Å²) in [5.74, 6) is 0.861. The van der Waals surface area contributed by atoms with E-state index in [1.807, 2.05) is 12.1 Å². The molecule has 14 heavy (non-hydrogen) atoms. The lowest BCUT2D eigenvalue weighted by molar-refractivity contribution is 0.410. The summed E-state index contributed by atoms with van der Waals surface area (Å²) in [4.78, 5) is 0. The van der Waals surface area contributed by atoms with Crippen molar-refractivity contribution in [2.75, 3.05) is 16.8 Å². The molecule has 2 N–H and O–H groups in total. The fraction of sp³-hybridized carbons (Fsp3) is 0.400. The molecule has 0 amide bonds. The zero-order valence-corrected chi connectivity index (χ0v) is 10.6. The van der Waals surface area contributed by atoms with E-state index in [4.69, 9.17) is 10.5 Å². The molecule has 1 aromatic rings. The van der Waals surface area contributed by atoms with Crippen LogP contribution in [0.5, 0.6) is 5.75 Å². The van der Waals surface area contributed by atoms with Gasteiger partial charge < -0.3 is 13.6 Å². The van der Waals surface area contributed by atoms with Crippen LogP contribution < -0.4 is 13.6 Å². The van der Waals surface area contributed by atoms with Gasteiger partial charge in [0.1, 0.15) is 5.75 Å². The van der Waals surface area contributed by atoms with Gasteiger partial charge in [0.05, 0.1) is 35.7 Å². The van der Waals surface area contributed by atoms with Gasteiger partial charge in [-0.2, -0.15) is 0 Å². The molecule has 4 heteroatoms. The SMILES string of the molecule is CCN(I)c1cccc(OC)c1CN. The van der Waals surface area contributed by atoms with E-state index >= 15 is 0 Å². The van der Waals surface area contributed by atoms with Gasteiger partial charge in [-0.05, 0) is 19.1 Å². The van der Waals surface area contributed by atoms with Crippen LogP contribution in [0, 0.1) is 0 Å². The van der Waals surface area contributed by atoms with Crippen LogP contribution >= 0.6 is 22.9 Å². The smallest absolute Gasteiger partial charge is 0.125 e. The van der Waals surface area contributed by atoms with Crippen LogP contribution in [0.4, 0.5) is 5.69 Å². The summed E-state index contributed by atoms with van der Waals surface area (Å²) in [5.41, 5.74) is 7.91. The third kappa shape index (κ3) is 2.30. The van der Waals surface area contributed by atoms with Gasteiger partial charge in [-0.25, -0.2) is 0 Å². The van der Waals surface area contributed by atoms with E-state index in [0.29, 0.717) is 6.54 Å². The first-order valence-electron chi connectivity index (χ1n) is 4.53. The van der Waals surface area contributed by atoms with Crippen LogP contribution in [-0.2, 0) is 6.54 Å². The van der Waals surface area contributed by atoms with E-state index in [1.54, 1.807) is 7.11 Å². The van der Waals surface area contributed by atoms with Crippen molar-refractivity contribution in [3.05, 3.63) is 23.8 Å². The van der Waals surface area contributed by atoms with Crippen LogP contribution in [0.1, 0.15) is 12.5 Å². The minimum Gasteiger partial charge on any atom is -0.496 e. The van der Waals surface area contributed by atoms with Crippen LogP contribution in [-0.4, -0.2) is 13.7 Å². The maximum absolute atomic E-state index is 5.71. The molecule has 0 saturated heterocycles. The minimum absolute atomic E-state index is 0.499. The Bertz CT molecular complexity index is 304. The van der Waals surface area contributed by atoms with E-state index in [1.165, 1.54) is 0 Å². The molecule has 0 radical (unpaired) electrons. The third-order valence-electron chi connectivity index (χ3n) is 2.07. The fourth-order valence-corrected chi connectivity index (χ4v) is 1.80. The summed E-state index contributed by atoms with van der Waals surface area (Å²) in [6.07, 6.45) is 0. The average Bonchev–Trinajstić information content (AvgIpc) is 2.26. The quantitative estimate of drug-likeness (QED) is 0.685. The van der Waals surface area contributed by atoms with Crippen molar-refractivity contribution in [3.63, 3.8) is 0 Å². The molecule has 78 valence electrons. The number of nitrogens with zero attached hydrogens (tertiary/aromatic N) is 1. The van der Waals surface area contributed by atoms with E-state index in [0.717, 1.165) is 23.5 Å². The van der Waals surface area contributed by atoms with E-state index in [-0.39, 0.29) is 0 Å². The Morgan fingerprint density at radius 1 is 1.50 bits per heavy atom. The Hall–Kier alpha value is -0.490. The predicted molar refractivity (Wildman–Crippen MR) is 67.9 cm³/mol. The van der Waals surface area contributed by atoms with Crippen molar-refractivity contribution in [3.8, 4) is 5.75 Å². The van der Waals surface area contributed by atoms with Gasteiger partial charge in [-0.15, -0.1) is 0 Å². The number of ether oxygens (including phenoxy) is 1. The average molecular weight is 306 g/mol. The highest BCUT2D eigenvalue weighted by atomic mass is 127. The molecule has 0 atom stereocenters. The van der Waals surface area contributed by atoms with Crippen molar-refractivity contribution in [2.45, 2.75) is 13.5 Å². The molecular formula is C10H15IN2O. The van der Waals surface area contributed by atoms with Gasteiger partial charge in [-0.1, -0.05) is 6.07 Å². The Morgan fingerprint density at radius 2 is 2.21 bits per heavy atom. The van der Waals surface area contributed by atoms with Crippen LogP contribution in [0.15, 0.2) is 18.2 Å². The molecule has 1 aromatic carbocycles. The molecular weight excluding hydrogens is 291 g/mol. The van der Waals surface area contributed by atoms with Crippen LogP contribution in [0.2, 0.25) is 0 Å². The zero-order chi connectivity index (χ0) is 10.6. The Morgan fingerprint density at radius 3 is 2.71 bits per heavy atom. The van der Waals surface area contributed by atoms with Crippen LogP contribution in [0.3, 0.4) is 0 Å². The third-order valence-corrected chi connectivity index (χ3v) is 3.27. The molecule has 0 aromatic heterocycles. The highest BCUT2D eigenvalue weighted by Gasteiger charge is 2.10. The number of hydrogen-bond acceptors (Lipinski definition) is 3. The predicted octanol–water partition coefficient (Wildman–Crippen LogP) is 2.33. The largest absolute Gasteiger partial charge is 0.496 e. The molecule has 0 fully saturated rings. The van der Waals surface area contributed by atoms with Crippen molar-refractivity contribution in [1.82, 2.24) is 0 Å². The molecule has 0 aliphatic rings. The molecule has 1 rings (SSSR count). The van der Waals surface area contributed by atoms with Crippen molar-refractivity contribution < 1.29 is 4.74 Å². The molecule has 0 spiro atoms. The Balaban J connectivity index is 3.14. The molecule has 0 saturated carbocycles. The summed E-state index contributed by atoms with van der Waals surface area (Å²) in [5, 5.41) is 0. The molecule has 0 heterocycles. The lowest BCUT2D eigenvalue weighted by Gasteiger charge is -2.19. The van der Waals surface area contributed by atoms with Gasteiger partial charge in [0.25, 0.3) is 0 Å². The second-order valence-corrected chi connectivity index (χ2v) is 4.01. The van der Waals surface area contributed by atoms with Gasteiger partial charge in [0, 0.05) is 18.7 Å². The van der Waals surface area contributed by atoms with Gasteiger partial charge >= 0.3 is 0 Å². The van der Waals surface area contributed by atoms with Crippen molar-refractivity contribution in [2.24, 2.45) is 5.73 Å². The topological polar surface area (TPSA) is 38.5 Å². The highest BCUT2D eigenvalue weighted by Crippen LogP contribution is 2.30. The van der Waals surface area contributed by atoms with Crippen molar-refractivity contribution >= 4 is 28.6 Å². The number of nitrogens with two attached hydrogens (primary N) is 1. The van der Waals surface area contributed by atoms with E-state index in [9.17, 15) is 0 Å². The zero-order valence-electron chi connectivity index (χ0n) is 8.46. The molecule has 0 bridgehead atoms. The first kappa shape index (κ1) is 11.6. The van der Waals surface area contributed by atoms with Crippen molar-refractivity contribution in [1.29, 1.82) is 0 Å². The molecule has 0 unspecified atom stereocenters. The molecule has 3 nitrogen and oxygen atoms in total. The summed E-state index contributed by atoms with van der Waals surface area (Å²) in [6.45, 7) is 3.55. The number of halogens is 1. The Kier molecular flexibility index (Phi) is 4.47. The van der Waals surface area contributed by atoms with Gasteiger partial charge in [-0.3, -0.25) is 0 Å². The summed E-state index contributed by atoms with van der Waals surface area (Å²) in [6, 6.07) is 5.97.